The first-order chi connectivity index (χ1) is 12.3. The monoisotopic (exact) mass is 347 g/mol. The fourth-order valence-corrected chi connectivity index (χ4v) is 3.06. The molecule has 0 aliphatic heterocycles. The predicted molar refractivity (Wildman–Crippen MR) is 102 cm³/mol. The number of benzene rings is 1. The number of carboxylic acid groups (broad SMARTS) is 1. The summed E-state index contributed by atoms with van der Waals surface area (Å²) in [7, 11) is 0. The molecule has 3 nitrogen and oxygen atoms in total. The van der Waals surface area contributed by atoms with E-state index in [-0.39, 0.29) is 5.56 Å². The highest BCUT2D eigenvalue weighted by molar-refractivity contribution is 5.89. The second kappa shape index (κ2) is 14.8. The van der Waals surface area contributed by atoms with Gasteiger partial charge in [0.15, 0.2) is 0 Å². The van der Waals surface area contributed by atoms with Crippen LogP contribution in [0.2, 0.25) is 0 Å². The van der Waals surface area contributed by atoms with E-state index in [0.29, 0.717) is 12.4 Å². The Kier molecular flexibility index (Phi) is 12.7. The summed E-state index contributed by atoms with van der Waals surface area (Å²) in [6.45, 7) is 2.83. The minimum absolute atomic E-state index is 0.136. The zero-order valence-corrected chi connectivity index (χ0v) is 15.9. The first kappa shape index (κ1) is 21.5. The molecule has 0 aromatic heterocycles. The van der Waals surface area contributed by atoms with Gasteiger partial charge in [0.25, 0.3) is 0 Å². The van der Waals surface area contributed by atoms with E-state index in [9.17, 15) is 9.90 Å². The summed E-state index contributed by atoms with van der Waals surface area (Å²) in [5, 5.41) is 11.0. The van der Waals surface area contributed by atoms with Gasteiger partial charge in [0.05, 0.1) is 12.6 Å². The molecular formula is C22H35O3-. The van der Waals surface area contributed by atoms with Crippen LogP contribution in [0.1, 0.15) is 101 Å². The fraction of sp³-hybridized carbons (Fsp3) is 0.682. The van der Waals surface area contributed by atoms with Crippen LogP contribution < -0.4 is 9.84 Å². The van der Waals surface area contributed by atoms with Crippen LogP contribution >= 0.6 is 0 Å². The molecule has 0 N–H and O–H groups in total. The van der Waals surface area contributed by atoms with Gasteiger partial charge in [0.1, 0.15) is 5.75 Å². The predicted octanol–water partition coefficient (Wildman–Crippen LogP) is 5.52. The number of hydrogen-bond donors (Lipinski definition) is 0. The summed E-state index contributed by atoms with van der Waals surface area (Å²) >= 11 is 0. The minimum Gasteiger partial charge on any atom is -0.545 e. The van der Waals surface area contributed by atoms with E-state index in [4.69, 9.17) is 4.74 Å². The van der Waals surface area contributed by atoms with E-state index >= 15 is 0 Å². The number of carbonyl (C=O) groups excluding carboxylic acids is 1. The molecule has 0 aliphatic rings. The number of rotatable bonds is 16. The number of hydrogen-bond acceptors (Lipinski definition) is 3. The van der Waals surface area contributed by atoms with Crippen molar-refractivity contribution in [3.63, 3.8) is 0 Å². The van der Waals surface area contributed by atoms with Crippen molar-refractivity contribution in [1.29, 1.82) is 0 Å². The van der Waals surface area contributed by atoms with Crippen molar-refractivity contribution in [3.05, 3.63) is 29.8 Å². The third-order valence-corrected chi connectivity index (χ3v) is 4.61. The van der Waals surface area contributed by atoms with Gasteiger partial charge in [0.2, 0.25) is 0 Å². The summed E-state index contributed by atoms with van der Waals surface area (Å²) < 4.78 is 5.58. The molecule has 0 spiro atoms. The fourth-order valence-electron chi connectivity index (χ4n) is 3.06. The van der Waals surface area contributed by atoms with Crippen LogP contribution in [0.4, 0.5) is 0 Å². The second-order valence-electron chi connectivity index (χ2n) is 6.87. The molecule has 0 aliphatic carbocycles. The van der Waals surface area contributed by atoms with Crippen molar-refractivity contribution in [3.8, 4) is 5.75 Å². The largest absolute Gasteiger partial charge is 0.545 e. The van der Waals surface area contributed by atoms with E-state index in [2.05, 4.69) is 6.92 Å². The van der Waals surface area contributed by atoms with Crippen LogP contribution in [0.3, 0.4) is 0 Å². The Morgan fingerprint density at radius 1 is 0.800 bits per heavy atom. The standard InChI is InChI=1S/C22H36O3/c1-2-3-4-5-6-7-8-9-10-11-12-13-16-19-25-21-18-15-14-17-20(21)22(23)24/h14-15,17-18H,2-13,16,19H2,1H3,(H,23,24)/p-1. The first-order valence-corrected chi connectivity index (χ1v) is 10.2. The van der Waals surface area contributed by atoms with Crippen LogP contribution in [0.25, 0.3) is 0 Å². The van der Waals surface area contributed by atoms with Crippen LogP contribution in [-0.4, -0.2) is 12.6 Å². The van der Waals surface area contributed by atoms with Gasteiger partial charge in [-0.05, 0) is 18.6 Å². The van der Waals surface area contributed by atoms with Crippen LogP contribution in [0, 0.1) is 0 Å². The van der Waals surface area contributed by atoms with Gasteiger partial charge < -0.3 is 14.6 Å². The molecule has 0 heterocycles. The van der Waals surface area contributed by atoms with E-state index in [1.807, 2.05) is 0 Å². The molecule has 142 valence electrons. The number of aromatic carboxylic acids is 1. The molecule has 0 radical (unpaired) electrons. The van der Waals surface area contributed by atoms with Gasteiger partial charge in [-0.15, -0.1) is 0 Å². The Bertz CT molecular complexity index is 456. The smallest absolute Gasteiger partial charge is 0.128 e. The van der Waals surface area contributed by atoms with Crippen molar-refractivity contribution >= 4 is 5.97 Å². The maximum absolute atomic E-state index is 11.0. The zero-order valence-electron chi connectivity index (χ0n) is 15.9. The molecule has 0 atom stereocenters. The van der Waals surface area contributed by atoms with Crippen molar-refractivity contribution in [1.82, 2.24) is 0 Å². The summed E-state index contributed by atoms with van der Waals surface area (Å²) in [4.78, 5) is 11.0. The lowest BCUT2D eigenvalue weighted by atomic mass is 10.0. The summed E-state index contributed by atoms with van der Waals surface area (Å²) in [5.74, 6) is -0.762. The Morgan fingerprint density at radius 2 is 1.28 bits per heavy atom. The lowest BCUT2D eigenvalue weighted by Crippen LogP contribution is -2.23. The highest BCUT2D eigenvalue weighted by Gasteiger charge is 2.03. The van der Waals surface area contributed by atoms with Gasteiger partial charge in [-0.1, -0.05) is 96.1 Å². The highest BCUT2D eigenvalue weighted by Crippen LogP contribution is 2.18. The summed E-state index contributed by atoms with van der Waals surface area (Å²) in [5.41, 5.74) is 0.136. The lowest BCUT2D eigenvalue weighted by molar-refractivity contribution is -0.255. The Hall–Kier alpha value is -1.51. The maximum atomic E-state index is 11.0. The maximum Gasteiger partial charge on any atom is 0.128 e. The average Bonchev–Trinajstić information content (AvgIpc) is 2.62. The number of ether oxygens (including phenoxy) is 1. The average molecular weight is 348 g/mol. The molecule has 0 amide bonds. The van der Waals surface area contributed by atoms with Crippen LogP contribution in [0.5, 0.6) is 5.75 Å². The Balaban J connectivity index is 1.90. The van der Waals surface area contributed by atoms with Crippen LogP contribution in [0.15, 0.2) is 24.3 Å². The number of carbonyl (C=O) groups is 1. The Morgan fingerprint density at radius 3 is 1.80 bits per heavy atom. The summed E-state index contributed by atoms with van der Waals surface area (Å²) in [6.07, 6.45) is 17.1. The zero-order chi connectivity index (χ0) is 18.2. The normalized spacial score (nSPS) is 10.8. The molecule has 0 unspecified atom stereocenters. The molecule has 0 saturated carbocycles. The van der Waals surface area contributed by atoms with Crippen molar-refractivity contribution in [2.45, 2.75) is 90.4 Å². The minimum atomic E-state index is -1.18. The Labute approximate surface area is 153 Å². The van der Waals surface area contributed by atoms with Gasteiger partial charge in [0, 0.05) is 5.56 Å². The topological polar surface area (TPSA) is 49.4 Å². The van der Waals surface area contributed by atoms with E-state index in [1.54, 1.807) is 18.2 Å². The first-order valence-electron chi connectivity index (χ1n) is 10.2. The molecule has 0 saturated heterocycles. The molecule has 1 aromatic carbocycles. The second-order valence-corrected chi connectivity index (χ2v) is 6.87. The third-order valence-electron chi connectivity index (χ3n) is 4.61. The van der Waals surface area contributed by atoms with Crippen LogP contribution in [-0.2, 0) is 0 Å². The molecule has 0 bridgehead atoms. The number of para-hydroxylation sites is 1. The van der Waals surface area contributed by atoms with Crippen molar-refractivity contribution in [2.75, 3.05) is 6.61 Å². The van der Waals surface area contributed by atoms with Crippen molar-refractivity contribution < 1.29 is 14.6 Å². The van der Waals surface area contributed by atoms with E-state index < -0.39 is 5.97 Å². The number of carboxylic acids is 1. The summed E-state index contributed by atoms with van der Waals surface area (Å²) in [6, 6.07) is 6.68. The number of unbranched alkanes of at least 4 members (excludes halogenated alkanes) is 12. The lowest BCUT2D eigenvalue weighted by Gasteiger charge is -2.11. The van der Waals surface area contributed by atoms with Gasteiger partial charge in [-0.2, -0.15) is 0 Å². The van der Waals surface area contributed by atoms with Gasteiger partial charge >= 0.3 is 0 Å². The molecule has 0 fully saturated rings. The van der Waals surface area contributed by atoms with Gasteiger partial charge in [-0.3, -0.25) is 0 Å². The third kappa shape index (κ3) is 10.9. The van der Waals surface area contributed by atoms with Crippen molar-refractivity contribution in [2.24, 2.45) is 0 Å². The molecule has 25 heavy (non-hydrogen) atoms. The quantitative estimate of drug-likeness (QED) is 0.370. The van der Waals surface area contributed by atoms with E-state index in [0.717, 1.165) is 12.8 Å². The molecular weight excluding hydrogens is 312 g/mol. The SMILES string of the molecule is CCCCCCCCCCCCCCCOc1ccccc1C(=O)[O-]. The molecule has 1 rings (SSSR count). The molecule has 1 aromatic rings. The molecule has 3 heteroatoms. The van der Waals surface area contributed by atoms with Gasteiger partial charge in [-0.25, -0.2) is 0 Å². The highest BCUT2D eigenvalue weighted by atomic mass is 16.5. The van der Waals surface area contributed by atoms with E-state index in [1.165, 1.54) is 76.7 Å².